The molecule has 0 saturated carbocycles. The zero-order chi connectivity index (χ0) is 19.1. The summed E-state index contributed by atoms with van der Waals surface area (Å²) in [6.07, 6.45) is -0.347. The van der Waals surface area contributed by atoms with E-state index in [4.69, 9.17) is 32.7 Å². The Morgan fingerprint density at radius 3 is 2.42 bits per heavy atom. The van der Waals surface area contributed by atoms with Crippen LogP contribution < -0.4 is 10.1 Å². The van der Waals surface area contributed by atoms with Crippen LogP contribution in [0.15, 0.2) is 42.5 Å². The number of aryl methyl sites for hydroxylation is 1. The molecular weight excluding hydrogens is 377 g/mol. The van der Waals surface area contributed by atoms with Crippen LogP contribution in [-0.4, -0.2) is 25.1 Å². The van der Waals surface area contributed by atoms with Gasteiger partial charge in [-0.3, -0.25) is 9.59 Å². The molecule has 1 atom stereocenters. The largest absolute Gasteiger partial charge is 0.496 e. The van der Waals surface area contributed by atoms with Crippen LogP contribution in [0.3, 0.4) is 0 Å². The summed E-state index contributed by atoms with van der Waals surface area (Å²) >= 11 is 11.8. The smallest absolute Gasteiger partial charge is 0.306 e. The van der Waals surface area contributed by atoms with Crippen molar-refractivity contribution >= 4 is 40.8 Å². The van der Waals surface area contributed by atoms with Gasteiger partial charge < -0.3 is 14.8 Å². The van der Waals surface area contributed by atoms with Crippen LogP contribution in [0.4, 0.5) is 5.69 Å². The van der Waals surface area contributed by atoms with E-state index in [9.17, 15) is 9.59 Å². The molecule has 0 radical (unpaired) electrons. The number of esters is 1. The fraction of sp³-hybridized carbons (Fsp3) is 0.263. The average molecular weight is 396 g/mol. The van der Waals surface area contributed by atoms with Crippen molar-refractivity contribution in [2.45, 2.75) is 25.9 Å². The molecule has 26 heavy (non-hydrogen) atoms. The summed E-state index contributed by atoms with van der Waals surface area (Å²) in [7, 11) is 1.58. The maximum atomic E-state index is 12.2. The molecule has 2 aromatic carbocycles. The molecule has 0 aromatic heterocycles. The number of anilines is 1. The normalized spacial score (nSPS) is 11.5. The number of carbonyl (C=O) groups is 2. The van der Waals surface area contributed by atoms with E-state index < -0.39 is 18.0 Å². The van der Waals surface area contributed by atoms with Gasteiger partial charge in [-0.2, -0.15) is 0 Å². The molecule has 138 valence electrons. The van der Waals surface area contributed by atoms with Gasteiger partial charge in [-0.15, -0.1) is 0 Å². The van der Waals surface area contributed by atoms with E-state index in [1.807, 2.05) is 24.3 Å². The molecule has 2 rings (SSSR count). The summed E-state index contributed by atoms with van der Waals surface area (Å²) < 4.78 is 10.4. The summed E-state index contributed by atoms with van der Waals surface area (Å²) in [5, 5.41) is 3.41. The molecule has 0 aliphatic carbocycles. The molecular formula is C19H19Cl2NO4. The van der Waals surface area contributed by atoms with Crippen LogP contribution in [-0.2, 0) is 20.7 Å². The highest BCUT2D eigenvalue weighted by Gasteiger charge is 2.18. The lowest BCUT2D eigenvalue weighted by Gasteiger charge is -2.14. The van der Waals surface area contributed by atoms with Crippen molar-refractivity contribution < 1.29 is 19.1 Å². The second kappa shape index (κ2) is 9.46. The van der Waals surface area contributed by atoms with Crippen LogP contribution in [0.2, 0.25) is 10.0 Å². The van der Waals surface area contributed by atoms with Crippen LogP contribution in [0.25, 0.3) is 0 Å². The van der Waals surface area contributed by atoms with Crippen molar-refractivity contribution in [3.63, 3.8) is 0 Å². The zero-order valence-corrected chi connectivity index (χ0v) is 15.9. The first-order valence-electron chi connectivity index (χ1n) is 7.97. The Morgan fingerprint density at radius 1 is 1.12 bits per heavy atom. The predicted octanol–water partition coefficient (Wildman–Crippen LogP) is 4.51. The second-order valence-electron chi connectivity index (χ2n) is 5.59. The van der Waals surface area contributed by atoms with Crippen LogP contribution >= 0.6 is 23.2 Å². The third kappa shape index (κ3) is 5.93. The van der Waals surface area contributed by atoms with Gasteiger partial charge in [0.05, 0.1) is 7.11 Å². The maximum absolute atomic E-state index is 12.2. The monoisotopic (exact) mass is 395 g/mol. The van der Waals surface area contributed by atoms with Crippen LogP contribution in [0.5, 0.6) is 5.75 Å². The number of carbonyl (C=O) groups excluding carboxylic acids is 2. The lowest BCUT2D eigenvalue weighted by atomic mass is 10.1. The van der Waals surface area contributed by atoms with Gasteiger partial charge in [-0.25, -0.2) is 0 Å². The Hall–Kier alpha value is -2.24. The van der Waals surface area contributed by atoms with Crippen LogP contribution in [0, 0.1) is 0 Å². The number of amides is 1. The minimum atomic E-state index is -0.946. The van der Waals surface area contributed by atoms with E-state index >= 15 is 0 Å². The highest BCUT2D eigenvalue weighted by molar-refractivity contribution is 6.35. The van der Waals surface area contributed by atoms with Gasteiger partial charge in [0.2, 0.25) is 0 Å². The van der Waals surface area contributed by atoms with Gasteiger partial charge in [-0.05, 0) is 43.2 Å². The minimum absolute atomic E-state index is 0.140. The molecule has 2 aromatic rings. The number of hydrogen-bond donors (Lipinski definition) is 1. The van der Waals surface area contributed by atoms with Gasteiger partial charge >= 0.3 is 5.97 Å². The van der Waals surface area contributed by atoms with Gasteiger partial charge in [0.15, 0.2) is 6.10 Å². The first-order valence-corrected chi connectivity index (χ1v) is 8.73. The van der Waals surface area contributed by atoms with Crippen molar-refractivity contribution in [1.82, 2.24) is 0 Å². The number of benzene rings is 2. The van der Waals surface area contributed by atoms with Crippen molar-refractivity contribution in [3.8, 4) is 5.75 Å². The van der Waals surface area contributed by atoms with Crippen molar-refractivity contribution in [1.29, 1.82) is 0 Å². The predicted molar refractivity (Wildman–Crippen MR) is 102 cm³/mol. The molecule has 1 amide bonds. The molecule has 1 N–H and O–H groups in total. The third-order valence-corrected chi connectivity index (χ3v) is 4.03. The second-order valence-corrected chi connectivity index (χ2v) is 6.46. The topological polar surface area (TPSA) is 64.6 Å². The van der Waals surface area contributed by atoms with Gasteiger partial charge in [0.25, 0.3) is 5.91 Å². The molecule has 0 fully saturated rings. The fourth-order valence-corrected chi connectivity index (χ4v) is 2.85. The number of halogens is 2. The molecule has 0 aliphatic rings. The maximum Gasteiger partial charge on any atom is 0.306 e. The molecule has 5 nitrogen and oxygen atoms in total. The lowest BCUT2D eigenvalue weighted by Crippen LogP contribution is -2.30. The van der Waals surface area contributed by atoms with Gasteiger partial charge in [0, 0.05) is 22.2 Å². The first kappa shape index (κ1) is 20.1. The molecule has 0 aliphatic heterocycles. The third-order valence-electron chi connectivity index (χ3n) is 3.60. The number of para-hydroxylation sites is 1. The van der Waals surface area contributed by atoms with E-state index in [0.29, 0.717) is 27.9 Å². The molecule has 0 heterocycles. The molecule has 0 saturated heterocycles. The summed E-state index contributed by atoms with van der Waals surface area (Å²) in [6.45, 7) is 1.50. The van der Waals surface area contributed by atoms with E-state index in [0.717, 1.165) is 5.56 Å². The number of rotatable bonds is 7. The van der Waals surface area contributed by atoms with E-state index in [2.05, 4.69) is 5.32 Å². The Kier molecular flexibility index (Phi) is 7.30. The van der Waals surface area contributed by atoms with E-state index in [-0.39, 0.29) is 6.42 Å². The summed E-state index contributed by atoms with van der Waals surface area (Å²) in [6, 6.07) is 12.1. The first-order chi connectivity index (χ1) is 12.4. The number of hydrogen-bond acceptors (Lipinski definition) is 4. The fourth-order valence-electron chi connectivity index (χ4n) is 2.33. The van der Waals surface area contributed by atoms with Crippen molar-refractivity contribution in [3.05, 3.63) is 58.1 Å². The molecule has 0 bridgehead atoms. The highest BCUT2D eigenvalue weighted by Crippen LogP contribution is 2.23. The Bertz CT molecular complexity index is 775. The quantitative estimate of drug-likeness (QED) is 0.700. The van der Waals surface area contributed by atoms with Crippen molar-refractivity contribution in [2.75, 3.05) is 12.4 Å². The standard InChI is InChI=1S/C19H19Cl2NO4/c1-12(19(24)22-16-10-14(20)9-15(21)11-16)26-18(23)8-7-13-5-3-4-6-17(13)25-2/h3-6,9-12H,7-8H2,1-2H3,(H,22,24). The van der Waals surface area contributed by atoms with E-state index in [1.54, 1.807) is 25.3 Å². The Balaban J connectivity index is 1.86. The zero-order valence-electron chi connectivity index (χ0n) is 14.4. The van der Waals surface area contributed by atoms with Crippen molar-refractivity contribution in [2.24, 2.45) is 0 Å². The Labute approximate surface area is 162 Å². The van der Waals surface area contributed by atoms with Crippen LogP contribution in [0.1, 0.15) is 18.9 Å². The summed E-state index contributed by atoms with van der Waals surface area (Å²) in [5.74, 6) is -0.222. The Morgan fingerprint density at radius 2 is 1.77 bits per heavy atom. The minimum Gasteiger partial charge on any atom is -0.496 e. The summed E-state index contributed by atoms with van der Waals surface area (Å²) in [4.78, 5) is 24.2. The van der Waals surface area contributed by atoms with E-state index in [1.165, 1.54) is 6.92 Å². The number of ether oxygens (including phenoxy) is 2. The summed E-state index contributed by atoms with van der Waals surface area (Å²) in [5.41, 5.74) is 1.34. The number of methoxy groups -OCH3 is 1. The number of nitrogens with one attached hydrogen (secondary N) is 1. The SMILES string of the molecule is COc1ccccc1CCC(=O)OC(C)C(=O)Nc1cc(Cl)cc(Cl)c1. The molecule has 7 heteroatoms. The van der Waals surface area contributed by atoms with Gasteiger partial charge in [-0.1, -0.05) is 41.4 Å². The highest BCUT2D eigenvalue weighted by atomic mass is 35.5. The molecule has 1 unspecified atom stereocenters. The molecule has 0 spiro atoms. The average Bonchev–Trinajstić information content (AvgIpc) is 2.59. The van der Waals surface area contributed by atoms with Gasteiger partial charge in [0.1, 0.15) is 5.75 Å². The lowest BCUT2D eigenvalue weighted by molar-refractivity contribution is -0.153.